The van der Waals surface area contributed by atoms with Crippen molar-refractivity contribution >= 4 is 33.1 Å². The van der Waals surface area contributed by atoms with Crippen molar-refractivity contribution in [3.05, 3.63) is 40.5 Å². The van der Waals surface area contributed by atoms with Gasteiger partial charge in [-0.2, -0.15) is 0 Å². The van der Waals surface area contributed by atoms with Crippen LogP contribution in [0, 0.1) is 6.92 Å². The van der Waals surface area contributed by atoms with E-state index in [1.54, 1.807) is 7.11 Å². The lowest BCUT2D eigenvalue weighted by Crippen LogP contribution is -1.99. The van der Waals surface area contributed by atoms with Crippen molar-refractivity contribution in [3.8, 4) is 5.75 Å². The number of fused-ring (bicyclic) bond motifs is 3. The molecule has 1 aromatic carbocycles. The highest BCUT2D eigenvalue weighted by atomic mass is 32.1. The molecular weight excluding hydrogens is 294 g/mol. The van der Waals surface area contributed by atoms with Gasteiger partial charge in [0.15, 0.2) is 0 Å². The summed E-state index contributed by atoms with van der Waals surface area (Å²) in [6, 6.07) is 7.92. The van der Waals surface area contributed by atoms with Gasteiger partial charge in [0.25, 0.3) is 0 Å². The summed E-state index contributed by atoms with van der Waals surface area (Å²) in [6.07, 6.45) is 3.55. The van der Waals surface area contributed by atoms with Gasteiger partial charge in [-0.15, -0.1) is 11.3 Å². The first-order valence-electron chi connectivity index (χ1n) is 7.44. The number of hydrogen-bond acceptors (Lipinski definition) is 5. The number of aromatic nitrogens is 2. The smallest absolute Gasteiger partial charge is 0.143 e. The molecule has 1 aliphatic carbocycles. The molecular formula is C17H17N3OS. The van der Waals surface area contributed by atoms with Crippen LogP contribution in [0.15, 0.2) is 24.3 Å². The Hall–Kier alpha value is -2.14. The lowest BCUT2D eigenvalue weighted by molar-refractivity contribution is 0.415. The van der Waals surface area contributed by atoms with E-state index in [1.165, 1.54) is 28.7 Å². The Labute approximate surface area is 133 Å². The Bertz CT molecular complexity index is 856. The van der Waals surface area contributed by atoms with Crippen LogP contribution in [-0.2, 0) is 12.8 Å². The number of hydrogen-bond donors (Lipinski definition) is 1. The molecule has 1 N–H and O–H groups in total. The summed E-state index contributed by atoms with van der Waals surface area (Å²) < 4.78 is 5.29. The molecule has 0 fully saturated rings. The Morgan fingerprint density at radius 2 is 2.14 bits per heavy atom. The molecule has 0 spiro atoms. The van der Waals surface area contributed by atoms with Crippen LogP contribution in [0.4, 0.5) is 11.5 Å². The number of nitrogens with one attached hydrogen (secondary N) is 1. The van der Waals surface area contributed by atoms with Gasteiger partial charge in [0.05, 0.1) is 12.5 Å². The molecule has 1 aliphatic rings. The topological polar surface area (TPSA) is 47.0 Å². The van der Waals surface area contributed by atoms with Crippen molar-refractivity contribution in [3.63, 3.8) is 0 Å². The zero-order valence-corrected chi connectivity index (χ0v) is 13.5. The number of aryl methyl sites for hydroxylation is 3. The van der Waals surface area contributed by atoms with Gasteiger partial charge in [-0.1, -0.05) is 6.07 Å². The van der Waals surface area contributed by atoms with Gasteiger partial charge in [-0.3, -0.25) is 0 Å². The number of anilines is 2. The summed E-state index contributed by atoms with van der Waals surface area (Å²) in [5.41, 5.74) is 2.42. The number of thiophene rings is 1. The van der Waals surface area contributed by atoms with Crippen LogP contribution in [-0.4, -0.2) is 17.1 Å². The Morgan fingerprint density at radius 3 is 3.00 bits per heavy atom. The second-order valence-corrected chi connectivity index (χ2v) is 6.60. The van der Waals surface area contributed by atoms with Crippen LogP contribution in [0.1, 0.15) is 22.7 Å². The van der Waals surface area contributed by atoms with Crippen molar-refractivity contribution in [1.29, 1.82) is 0 Å². The monoisotopic (exact) mass is 311 g/mol. The van der Waals surface area contributed by atoms with Crippen molar-refractivity contribution in [2.24, 2.45) is 0 Å². The van der Waals surface area contributed by atoms with E-state index in [9.17, 15) is 0 Å². The molecule has 5 heteroatoms. The number of methoxy groups -OCH3 is 1. The van der Waals surface area contributed by atoms with E-state index in [4.69, 9.17) is 4.74 Å². The lowest BCUT2D eigenvalue weighted by Gasteiger charge is -2.10. The van der Waals surface area contributed by atoms with Crippen LogP contribution in [0.2, 0.25) is 0 Å². The van der Waals surface area contributed by atoms with Crippen LogP contribution in [0.25, 0.3) is 10.2 Å². The summed E-state index contributed by atoms with van der Waals surface area (Å²) in [5.74, 6) is 2.55. The first-order chi connectivity index (χ1) is 10.7. The van der Waals surface area contributed by atoms with Crippen LogP contribution in [0.3, 0.4) is 0 Å². The third-order valence-corrected chi connectivity index (χ3v) is 5.19. The molecule has 0 aliphatic heterocycles. The van der Waals surface area contributed by atoms with Crippen molar-refractivity contribution in [1.82, 2.24) is 9.97 Å². The normalized spacial score (nSPS) is 13.4. The molecule has 0 unspecified atom stereocenters. The maximum atomic E-state index is 5.29. The number of ether oxygens (including phenoxy) is 1. The van der Waals surface area contributed by atoms with Crippen LogP contribution < -0.4 is 10.1 Å². The number of nitrogens with zero attached hydrogens (tertiary/aromatic N) is 2. The highest BCUT2D eigenvalue weighted by Crippen LogP contribution is 2.40. The molecule has 0 radical (unpaired) electrons. The average Bonchev–Trinajstić information content (AvgIpc) is 3.07. The SMILES string of the molecule is COc1cccc(Nc2nc(C)nc3sc4c(c23)CCC4)c1. The number of rotatable bonds is 3. The molecule has 2 heterocycles. The first-order valence-corrected chi connectivity index (χ1v) is 8.26. The standard InChI is InChI=1S/C17H17N3OS/c1-10-18-16(20-11-5-3-6-12(9-11)21-2)15-13-7-4-8-14(13)22-17(15)19-10/h3,5-6,9H,4,7-8H2,1-2H3,(H,18,19,20). The zero-order chi connectivity index (χ0) is 15.1. The van der Waals surface area contributed by atoms with Gasteiger partial charge < -0.3 is 10.1 Å². The van der Waals surface area contributed by atoms with Gasteiger partial charge in [0, 0.05) is 16.6 Å². The fourth-order valence-electron chi connectivity index (χ4n) is 3.03. The zero-order valence-electron chi connectivity index (χ0n) is 12.6. The van der Waals surface area contributed by atoms with E-state index >= 15 is 0 Å². The van der Waals surface area contributed by atoms with E-state index in [-0.39, 0.29) is 0 Å². The van der Waals surface area contributed by atoms with E-state index in [1.807, 2.05) is 42.5 Å². The number of benzene rings is 1. The molecule has 4 nitrogen and oxygen atoms in total. The summed E-state index contributed by atoms with van der Waals surface area (Å²) in [4.78, 5) is 11.8. The van der Waals surface area contributed by atoms with Gasteiger partial charge in [-0.25, -0.2) is 9.97 Å². The van der Waals surface area contributed by atoms with E-state index in [0.29, 0.717) is 0 Å². The Balaban J connectivity index is 1.83. The summed E-state index contributed by atoms with van der Waals surface area (Å²) in [7, 11) is 1.68. The van der Waals surface area contributed by atoms with E-state index in [2.05, 4.69) is 15.3 Å². The molecule has 4 rings (SSSR count). The van der Waals surface area contributed by atoms with Gasteiger partial charge in [0.1, 0.15) is 22.2 Å². The minimum absolute atomic E-state index is 0.804. The van der Waals surface area contributed by atoms with Gasteiger partial charge >= 0.3 is 0 Å². The predicted octanol–water partition coefficient (Wildman–Crippen LogP) is 4.24. The van der Waals surface area contributed by atoms with Crippen molar-refractivity contribution < 1.29 is 4.74 Å². The highest BCUT2D eigenvalue weighted by molar-refractivity contribution is 7.19. The molecule has 0 bridgehead atoms. The summed E-state index contributed by atoms with van der Waals surface area (Å²) in [5, 5.41) is 4.65. The first kappa shape index (κ1) is 13.5. The minimum atomic E-state index is 0.804. The van der Waals surface area contributed by atoms with Crippen LogP contribution >= 0.6 is 11.3 Å². The van der Waals surface area contributed by atoms with Gasteiger partial charge in [-0.05, 0) is 43.9 Å². The predicted molar refractivity (Wildman–Crippen MR) is 90.5 cm³/mol. The average molecular weight is 311 g/mol. The summed E-state index contributed by atoms with van der Waals surface area (Å²) in [6.45, 7) is 1.95. The van der Waals surface area contributed by atoms with Crippen LogP contribution in [0.5, 0.6) is 5.75 Å². The molecule has 0 amide bonds. The van der Waals surface area contributed by atoms with E-state index in [0.717, 1.165) is 34.3 Å². The van der Waals surface area contributed by atoms with E-state index < -0.39 is 0 Å². The third kappa shape index (κ3) is 2.22. The molecule has 2 aromatic heterocycles. The van der Waals surface area contributed by atoms with Crippen molar-refractivity contribution in [2.45, 2.75) is 26.2 Å². The quantitative estimate of drug-likeness (QED) is 0.786. The second-order valence-electron chi connectivity index (χ2n) is 5.51. The Kier molecular flexibility index (Phi) is 3.22. The lowest BCUT2D eigenvalue weighted by atomic mass is 10.2. The van der Waals surface area contributed by atoms with Crippen molar-refractivity contribution in [2.75, 3.05) is 12.4 Å². The highest BCUT2D eigenvalue weighted by Gasteiger charge is 2.21. The minimum Gasteiger partial charge on any atom is -0.497 e. The maximum Gasteiger partial charge on any atom is 0.143 e. The maximum absolute atomic E-state index is 5.29. The fourth-order valence-corrected chi connectivity index (χ4v) is 4.34. The van der Waals surface area contributed by atoms with Gasteiger partial charge in [0.2, 0.25) is 0 Å². The second kappa shape index (κ2) is 5.25. The summed E-state index contributed by atoms with van der Waals surface area (Å²) >= 11 is 1.82. The molecule has 112 valence electrons. The largest absolute Gasteiger partial charge is 0.497 e. The molecule has 0 saturated heterocycles. The molecule has 22 heavy (non-hydrogen) atoms. The Morgan fingerprint density at radius 1 is 1.23 bits per heavy atom. The molecule has 0 saturated carbocycles. The third-order valence-electron chi connectivity index (χ3n) is 4.01. The molecule has 0 atom stereocenters. The fraction of sp³-hybridized carbons (Fsp3) is 0.294. The molecule has 3 aromatic rings.